The molecule has 0 aliphatic carbocycles. The molecule has 82 valence electrons. The molecule has 3 heteroatoms. The largest absolute Gasteiger partial charge is 0.323 e. The molecule has 0 radical (unpaired) electrons. The maximum Gasteiger partial charge on any atom is 0.0540 e. The smallest absolute Gasteiger partial charge is 0.0540 e. The molecule has 1 rings (SSSR count). The Labute approximate surface area is 91.4 Å². The number of benzene rings is 1. The van der Waals surface area contributed by atoms with Crippen LogP contribution in [0.1, 0.15) is 24.5 Å². The summed E-state index contributed by atoms with van der Waals surface area (Å²) in [6.07, 6.45) is 3.89. The number of hydrazone groups is 1. The predicted molar refractivity (Wildman–Crippen MR) is 65.1 cm³/mol. The van der Waals surface area contributed by atoms with Gasteiger partial charge in [-0.15, -0.1) is 0 Å². The normalized spacial score (nSPS) is 11.0. The van der Waals surface area contributed by atoms with Crippen LogP contribution in [0.25, 0.3) is 0 Å². The van der Waals surface area contributed by atoms with Crippen molar-refractivity contribution in [2.45, 2.75) is 19.8 Å². The second kappa shape index (κ2) is 7.01. The molecule has 15 heavy (non-hydrogen) atoms. The first kappa shape index (κ1) is 11.7. The average Bonchev–Trinajstić information content (AvgIpc) is 2.27. The fraction of sp³-hybridized carbons (Fsp3) is 0.417. The minimum absolute atomic E-state index is 1.00. The van der Waals surface area contributed by atoms with E-state index in [1.807, 2.05) is 18.2 Å². The van der Waals surface area contributed by atoms with Crippen molar-refractivity contribution in [3.05, 3.63) is 35.4 Å². The van der Waals surface area contributed by atoms with Crippen molar-refractivity contribution in [1.82, 2.24) is 5.32 Å². The SMILES string of the molecule is CCCNCCc1ccccc1/C=N\N. The molecule has 0 aliphatic heterocycles. The second-order valence-electron chi connectivity index (χ2n) is 3.48. The van der Waals surface area contributed by atoms with Crippen LogP contribution in [0.5, 0.6) is 0 Å². The lowest BCUT2D eigenvalue weighted by Crippen LogP contribution is -2.18. The monoisotopic (exact) mass is 205 g/mol. The Bertz CT molecular complexity index is 307. The first-order valence-electron chi connectivity index (χ1n) is 5.40. The predicted octanol–water partition coefficient (Wildman–Crippen LogP) is 1.52. The fourth-order valence-corrected chi connectivity index (χ4v) is 1.49. The number of hydrogen-bond donors (Lipinski definition) is 2. The average molecular weight is 205 g/mol. The summed E-state index contributed by atoms with van der Waals surface area (Å²) in [6, 6.07) is 8.19. The van der Waals surface area contributed by atoms with Crippen LogP contribution in [0.15, 0.2) is 29.4 Å². The summed E-state index contributed by atoms with van der Waals surface area (Å²) >= 11 is 0. The van der Waals surface area contributed by atoms with Gasteiger partial charge in [-0.2, -0.15) is 5.10 Å². The lowest BCUT2D eigenvalue weighted by Gasteiger charge is -2.06. The molecule has 0 spiro atoms. The van der Waals surface area contributed by atoms with Crippen molar-refractivity contribution in [3.63, 3.8) is 0 Å². The van der Waals surface area contributed by atoms with Gasteiger partial charge in [0.15, 0.2) is 0 Å². The van der Waals surface area contributed by atoms with Crippen molar-refractivity contribution < 1.29 is 0 Å². The molecule has 0 bridgehead atoms. The van der Waals surface area contributed by atoms with Gasteiger partial charge in [0, 0.05) is 0 Å². The van der Waals surface area contributed by atoms with Crippen LogP contribution in [-0.4, -0.2) is 19.3 Å². The summed E-state index contributed by atoms with van der Waals surface area (Å²) in [5.74, 6) is 5.16. The Morgan fingerprint density at radius 1 is 1.33 bits per heavy atom. The van der Waals surface area contributed by atoms with Crippen LogP contribution in [0.3, 0.4) is 0 Å². The molecule has 0 saturated heterocycles. The molecule has 0 atom stereocenters. The summed E-state index contributed by atoms with van der Waals surface area (Å²) in [7, 11) is 0. The molecule has 0 aliphatic rings. The molecule has 0 aromatic heterocycles. The Morgan fingerprint density at radius 2 is 2.13 bits per heavy atom. The quantitative estimate of drug-likeness (QED) is 0.320. The number of nitrogens with zero attached hydrogens (tertiary/aromatic N) is 1. The van der Waals surface area contributed by atoms with Gasteiger partial charge in [0.25, 0.3) is 0 Å². The number of rotatable bonds is 6. The molecule has 0 heterocycles. The van der Waals surface area contributed by atoms with Crippen LogP contribution < -0.4 is 11.2 Å². The van der Waals surface area contributed by atoms with E-state index in [1.165, 1.54) is 12.0 Å². The topological polar surface area (TPSA) is 50.4 Å². The number of nitrogens with one attached hydrogen (secondary N) is 1. The third kappa shape index (κ3) is 4.13. The minimum atomic E-state index is 1.00. The van der Waals surface area contributed by atoms with E-state index in [0.29, 0.717) is 0 Å². The van der Waals surface area contributed by atoms with Crippen molar-refractivity contribution >= 4 is 6.21 Å². The van der Waals surface area contributed by atoms with Gasteiger partial charge < -0.3 is 11.2 Å². The van der Waals surface area contributed by atoms with Crippen molar-refractivity contribution in [3.8, 4) is 0 Å². The third-order valence-electron chi connectivity index (χ3n) is 2.27. The molecular formula is C12H19N3. The summed E-state index contributed by atoms with van der Waals surface area (Å²) in [5, 5.41) is 6.94. The Balaban J connectivity index is 2.51. The van der Waals surface area contributed by atoms with Crippen molar-refractivity contribution in [2.24, 2.45) is 10.9 Å². The highest BCUT2D eigenvalue weighted by Crippen LogP contribution is 2.06. The molecular weight excluding hydrogens is 186 g/mol. The van der Waals surface area contributed by atoms with E-state index in [-0.39, 0.29) is 0 Å². The second-order valence-corrected chi connectivity index (χ2v) is 3.48. The minimum Gasteiger partial charge on any atom is -0.323 e. The summed E-state index contributed by atoms with van der Waals surface area (Å²) in [4.78, 5) is 0. The molecule has 1 aromatic carbocycles. The van der Waals surface area contributed by atoms with Crippen LogP contribution in [0.2, 0.25) is 0 Å². The van der Waals surface area contributed by atoms with E-state index < -0.39 is 0 Å². The van der Waals surface area contributed by atoms with Gasteiger partial charge in [-0.25, -0.2) is 0 Å². The zero-order chi connectivity index (χ0) is 10.9. The zero-order valence-corrected chi connectivity index (χ0v) is 9.24. The number of hydrogen-bond acceptors (Lipinski definition) is 3. The molecule has 3 nitrogen and oxygen atoms in total. The van der Waals surface area contributed by atoms with E-state index in [9.17, 15) is 0 Å². The molecule has 0 amide bonds. The van der Waals surface area contributed by atoms with Gasteiger partial charge in [0.1, 0.15) is 0 Å². The molecule has 1 aromatic rings. The highest BCUT2D eigenvalue weighted by Gasteiger charge is 1.98. The highest BCUT2D eigenvalue weighted by atomic mass is 15.1. The number of nitrogens with two attached hydrogens (primary N) is 1. The first-order valence-corrected chi connectivity index (χ1v) is 5.40. The molecule has 0 unspecified atom stereocenters. The Morgan fingerprint density at radius 3 is 2.87 bits per heavy atom. The van der Waals surface area contributed by atoms with Crippen molar-refractivity contribution in [2.75, 3.05) is 13.1 Å². The lowest BCUT2D eigenvalue weighted by molar-refractivity contribution is 0.671. The van der Waals surface area contributed by atoms with E-state index in [4.69, 9.17) is 5.84 Å². The van der Waals surface area contributed by atoms with Gasteiger partial charge in [0.2, 0.25) is 0 Å². The van der Waals surface area contributed by atoms with Crippen molar-refractivity contribution in [1.29, 1.82) is 0 Å². The van der Waals surface area contributed by atoms with Gasteiger partial charge in [-0.05, 0) is 37.1 Å². The van der Waals surface area contributed by atoms with E-state index in [1.54, 1.807) is 6.21 Å². The molecule has 0 fully saturated rings. The highest BCUT2D eigenvalue weighted by molar-refractivity contribution is 5.81. The van der Waals surface area contributed by atoms with E-state index in [2.05, 4.69) is 23.4 Å². The maximum atomic E-state index is 5.16. The lowest BCUT2D eigenvalue weighted by atomic mass is 10.1. The van der Waals surface area contributed by atoms with Gasteiger partial charge >= 0.3 is 0 Å². The van der Waals surface area contributed by atoms with Crippen LogP contribution in [0.4, 0.5) is 0 Å². The zero-order valence-electron chi connectivity index (χ0n) is 9.24. The Hall–Kier alpha value is -1.35. The standard InChI is InChI=1S/C12H19N3/c1-2-8-14-9-7-11-5-3-4-6-12(11)10-15-13/h3-6,10,14H,2,7-9,13H2,1H3/b15-10-. The summed E-state index contributed by atoms with van der Waals surface area (Å²) in [5.41, 5.74) is 2.40. The third-order valence-corrected chi connectivity index (χ3v) is 2.27. The maximum absolute atomic E-state index is 5.16. The van der Waals surface area contributed by atoms with Crippen LogP contribution >= 0.6 is 0 Å². The van der Waals surface area contributed by atoms with E-state index >= 15 is 0 Å². The molecule has 0 saturated carbocycles. The van der Waals surface area contributed by atoms with Gasteiger partial charge in [-0.1, -0.05) is 31.2 Å². The van der Waals surface area contributed by atoms with Gasteiger partial charge in [-0.3, -0.25) is 0 Å². The van der Waals surface area contributed by atoms with Crippen LogP contribution in [-0.2, 0) is 6.42 Å². The summed E-state index contributed by atoms with van der Waals surface area (Å²) in [6.45, 7) is 4.25. The first-order chi connectivity index (χ1) is 7.38. The van der Waals surface area contributed by atoms with Gasteiger partial charge in [0.05, 0.1) is 6.21 Å². The van der Waals surface area contributed by atoms with Crippen LogP contribution in [0, 0.1) is 0 Å². The fourth-order valence-electron chi connectivity index (χ4n) is 1.49. The van der Waals surface area contributed by atoms with E-state index in [0.717, 1.165) is 25.1 Å². The Kier molecular flexibility index (Phi) is 5.48. The summed E-state index contributed by atoms with van der Waals surface area (Å²) < 4.78 is 0. The molecule has 3 N–H and O–H groups in total.